The van der Waals surface area contributed by atoms with Crippen LogP contribution in [0.1, 0.15) is 10.4 Å². The molecule has 0 bridgehead atoms. The molecule has 0 saturated heterocycles. The molecule has 2 aromatic heterocycles. The van der Waals surface area contributed by atoms with Crippen LogP contribution >= 0.6 is 0 Å². The van der Waals surface area contributed by atoms with E-state index in [0.717, 1.165) is 5.52 Å². The lowest BCUT2D eigenvalue weighted by Crippen LogP contribution is -2.26. The summed E-state index contributed by atoms with van der Waals surface area (Å²) < 4.78 is 41.4. The summed E-state index contributed by atoms with van der Waals surface area (Å²) in [6.07, 6.45) is 0. The second-order valence-corrected chi connectivity index (χ2v) is 6.60. The fraction of sp³-hybridized carbons (Fsp3) is 0.250. The number of oxazole rings is 1. The molecule has 11 heteroatoms. The number of alkyl halides is 2. The van der Waals surface area contributed by atoms with Crippen LogP contribution in [0.3, 0.4) is 0 Å². The number of carbonyl (C=O) groups excluding carboxylic acids is 1. The van der Waals surface area contributed by atoms with Crippen molar-refractivity contribution in [2.24, 2.45) is 7.05 Å². The predicted molar refractivity (Wildman–Crippen MR) is 109 cm³/mol. The molecular formula is C20H19F2N5O4. The molecule has 0 fully saturated rings. The van der Waals surface area contributed by atoms with Crippen molar-refractivity contribution < 1.29 is 27.5 Å². The van der Waals surface area contributed by atoms with Crippen molar-refractivity contribution in [3.8, 4) is 5.75 Å². The summed E-state index contributed by atoms with van der Waals surface area (Å²) in [5.41, 5.74) is 2.63. The number of carbonyl (C=O) groups is 1. The van der Waals surface area contributed by atoms with Gasteiger partial charge in [-0.05, 0) is 30.3 Å². The maximum absolute atomic E-state index is 12.4. The van der Waals surface area contributed by atoms with E-state index in [1.54, 1.807) is 36.9 Å². The molecule has 2 heterocycles. The molecule has 0 unspecified atom stereocenters. The Morgan fingerprint density at radius 1 is 1.19 bits per heavy atom. The minimum Gasteiger partial charge on any atom is -0.435 e. The molecular weight excluding hydrogens is 412 g/mol. The Hall–Kier alpha value is -3.73. The van der Waals surface area contributed by atoms with Gasteiger partial charge in [-0.2, -0.15) is 13.8 Å². The quantitative estimate of drug-likeness (QED) is 0.412. The van der Waals surface area contributed by atoms with Crippen LogP contribution in [0.5, 0.6) is 5.75 Å². The Morgan fingerprint density at radius 3 is 2.81 bits per heavy atom. The van der Waals surface area contributed by atoms with E-state index >= 15 is 0 Å². The topological polar surface area (TPSA) is 103 Å². The number of ether oxygens (including phenoxy) is 2. The number of aromatic nitrogens is 3. The van der Waals surface area contributed by atoms with E-state index in [9.17, 15) is 13.6 Å². The molecule has 0 atom stereocenters. The van der Waals surface area contributed by atoms with E-state index < -0.39 is 6.61 Å². The molecule has 0 aliphatic carbocycles. The highest BCUT2D eigenvalue weighted by Crippen LogP contribution is 2.27. The van der Waals surface area contributed by atoms with Crippen molar-refractivity contribution in [1.82, 2.24) is 19.9 Å². The smallest absolute Gasteiger partial charge is 0.387 e. The summed E-state index contributed by atoms with van der Waals surface area (Å²) in [5.74, 6) is 0.187. The van der Waals surface area contributed by atoms with Crippen LogP contribution in [0.15, 0.2) is 40.8 Å². The largest absolute Gasteiger partial charge is 0.435 e. The number of aryl methyl sites for hydroxylation is 1. The minimum atomic E-state index is -2.93. The van der Waals surface area contributed by atoms with Gasteiger partial charge in [-0.25, -0.2) is 4.98 Å². The number of rotatable bonds is 8. The van der Waals surface area contributed by atoms with Gasteiger partial charge in [0.05, 0.1) is 17.6 Å². The van der Waals surface area contributed by atoms with Crippen molar-refractivity contribution in [2.75, 3.05) is 25.6 Å². The summed E-state index contributed by atoms with van der Waals surface area (Å²) in [6, 6.07) is 9.56. The molecule has 0 saturated carbocycles. The van der Waals surface area contributed by atoms with E-state index in [1.165, 1.54) is 18.2 Å². The molecule has 0 aliphatic rings. The third-order valence-electron chi connectivity index (χ3n) is 4.54. The standard InChI is InChI=1S/C20H19F2N5O4/c1-27-15-6-3-11(17(28)23-7-8-29-2)9-14(15)24-19(27)26-20-25-13-5-4-12(30-18(21)22)10-16(13)31-20/h3-6,9-10,18H,7-8H2,1-2H3,(H,23,28)(H,24,25,26). The Kier molecular flexibility index (Phi) is 5.67. The summed E-state index contributed by atoms with van der Waals surface area (Å²) >= 11 is 0. The van der Waals surface area contributed by atoms with Crippen molar-refractivity contribution in [1.29, 1.82) is 0 Å². The van der Waals surface area contributed by atoms with Crippen molar-refractivity contribution >= 4 is 40.0 Å². The first-order chi connectivity index (χ1) is 14.9. The number of hydrogen-bond acceptors (Lipinski definition) is 7. The third kappa shape index (κ3) is 4.40. The van der Waals surface area contributed by atoms with Gasteiger partial charge in [-0.3, -0.25) is 10.1 Å². The molecule has 31 heavy (non-hydrogen) atoms. The van der Waals surface area contributed by atoms with Crippen LogP contribution in [0.2, 0.25) is 0 Å². The van der Waals surface area contributed by atoms with Gasteiger partial charge in [0.15, 0.2) is 5.58 Å². The first-order valence-corrected chi connectivity index (χ1v) is 9.30. The molecule has 162 valence electrons. The summed E-state index contributed by atoms with van der Waals surface area (Å²) in [7, 11) is 3.36. The molecule has 2 aromatic carbocycles. The molecule has 4 rings (SSSR count). The average molecular weight is 431 g/mol. The number of hydrogen-bond donors (Lipinski definition) is 2. The van der Waals surface area contributed by atoms with Gasteiger partial charge in [0.25, 0.3) is 5.91 Å². The number of nitrogens with one attached hydrogen (secondary N) is 2. The monoisotopic (exact) mass is 431 g/mol. The second-order valence-electron chi connectivity index (χ2n) is 6.60. The third-order valence-corrected chi connectivity index (χ3v) is 4.54. The molecule has 0 radical (unpaired) electrons. The van der Waals surface area contributed by atoms with E-state index in [2.05, 4.69) is 25.3 Å². The lowest BCUT2D eigenvalue weighted by atomic mass is 10.2. The van der Waals surface area contributed by atoms with Gasteiger partial charge >= 0.3 is 12.6 Å². The Morgan fingerprint density at radius 2 is 2.03 bits per heavy atom. The first kappa shape index (κ1) is 20.5. The highest BCUT2D eigenvalue weighted by Gasteiger charge is 2.15. The molecule has 0 spiro atoms. The van der Waals surface area contributed by atoms with Gasteiger partial charge in [-0.15, -0.1) is 0 Å². The van der Waals surface area contributed by atoms with Crippen molar-refractivity contribution in [2.45, 2.75) is 6.61 Å². The summed E-state index contributed by atoms with van der Waals surface area (Å²) in [5, 5.41) is 5.73. The van der Waals surface area contributed by atoms with E-state index in [0.29, 0.717) is 35.7 Å². The molecule has 0 aliphatic heterocycles. The van der Waals surface area contributed by atoms with Crippen molar-refractivity contribution in [3.63, 3.8) is 0 Å². The zero-order valence-electron chi connectivity index (χ0n) is 16.7. The summed E-state index contributed by atoms with van der Waals surface area (Å²) in [6.45, 7) is -2.10. The van der Waals surface area contributed by atoms with Gasteiger partial charge < -0.3 is 23.8 Å². The van der Waals surface area contributed by atoms with Crippen LogP contribution < -0.4 is 15.4 Å². The molecule has 4 aromatic rings. The van der Waals surface area contributed by atoms with Gasteiger partial charge in [0.2, 0.25) is 5.95 Å². The maximum atomic E-state index is 12.4. The van der Waals surface area contributed by atoms with E-state index in [4.69, 9.17) is 9.15 Å². The Bertz CT molecular complexity index is 1240. The highest BCUT2D eigenvalue weighted by atomic mass is 19.3. The molecule has 2 N–H and O–H groups in total. The van der Waals surface area contributed by atoms with Gasteiger partial charge in [0.1, 0.15) is 11.3 Å². The van der Waals surface area contributed by atoms with Crippen LogP contribution in [-0.4, -0.2) is 47.3 Å². The zero-order valence-corrected chi connectivity index (χ0v) is 16.7. The van der Waals surface area contributed by atoms with Gasteiger partial charge in [-0.1, -0.05) is 0 Å². The van der Waals surface area contributed by atoms with Crippen LogP contribution in [0, 0.1) is 0 Å². The fourth-order valence-corrected chi connectivity index (χ4v) is 3.05. The van der Waals surface area contributed by atoms with Crippen LogP contribution in [0.25, 0.3) is 22.1 Å². The number of benzene rings is 2. The van der Waals surface area contributed by atoms with E-state index in [-0.39, 0.29) is 23.3 Å². The number of methoxy groups -OCH3 is 1. The van der Waals surface area contributed by atoms with E-state index in [1.807, 2.05) is 0 Å². The SMILES string of the molecule is COCCNC(=O)c1ccc2c(c1)nc(Nc1nc3ccc(OC(F)F)cc3o1)n2C. The number of nitrogens with zero attached hydrogens (tertiary/aromatic N) is 3. The lowest BCUT2D eigenvalue weighted by Gasteiger charge is -2.04. The van der Waals surface area contributed by atoms with Crippen LogP contribution in [0.4, 0.5) is 20.7 Å². The fourth-order valence-electron chi connectivity index (χ4n) is 3.05. The molecule has 9 nitrogen and oxygen atoms in total. The normalized spacial score (nSPS) is 11.4. The van der Waals surface area contributed by atoms with Crippen LogP contribution in [-0.2, 0) is 11.8 Å². The Balaban J connectivity index is 1.56. The number of fused-ring (bicyclic) bond motifs is 2. The predicted octanol–water partition coefficient (Wildman–Crippen LogP) is 3.44. The maximum Gasteiger partial charge on any atom is 0.387 e. The van der Waals surface area contributed by atoms with Crippen molar-refractivity contribution in [3.05, 3.63) is 42.0 Å². The first-order valence-electron chi connectivity index (χ1n) is 9.30. The number of amides is 1. The second kappa shape index (κ2) is 8.56. The average Bonchev–Trinajstić information content (AvgIpc) is 3.27. The van der Waals surface area contributed by atoms with Gasteiger partial charge in [0, 0.05) is 32.3 Å². The minimum absolute atomic E-state index is 0.0239. The number of imidazole rings is 1. The number of anilines is 2. The number of halogens is 2. The highest BCUT2D eigenvalue weighted by molar-refractivity contribution is 5.97. The summed E-state index contributed by atoms with van der Waals surface area (Å²) in [4.78, 5) is 21.0. The Labute approximate surface area is 175 Å². The zero-order chi connectivity index (χ0) is 22.0. The molecule has 1 amide bonds. The lowest BCUT2D eigenvalue weighted by molar-refractivity contribution is -0.0497.